The molecule has 0 unspecified atom stereocenters. The summed E-state index contributed by atoms with van der Waals surface area (Å²) in [6.07, 6.45) is 3.12. The van der Waals surface area contributed by atoms with Crippen molar-refractivity contribution in [3.8, 4) is 11.5 Å². The van der Waals surface area contributed by atoms with Crippen molar-refractivity contribution >= 4 is 5.95 Å². The summed E-state index contributed by atoms with van der Waals surface area (Å²) in [6.45, 7) is 2.02. The van der Waals surface area contributed by atoms with Crippen molar-refractivity contribution in [1.82, 2.24) is 9.97 Å². The van der Waals surface area contributed by atoms with E-state index in [2.05, 4.69) is 15.4 Å². The number of benzene rings is 1. The van der Waals surface area contributed by atoms with Crippen LogP contribution in [0.1, 0.15) is 5.56 Å². The Balaban J connectivity index is 2.11. The first kappa shape index (κ1) is 10.4. The van der Waals surface area contributed by atoms with Gasteiger partial charge in [0.25, 0.3) is 0 Å². The van der Waals surface area contributed by atoms with Gasteiger partial charge in [-0.3, -0.25) is 5.43 Å². The smallest absolute Gasteiger partial charge is 0.237 e. The van der Waals surface area contributed by atoms with Crippen LogP contribution in [0.4, 0.5) is 5.95 Å². The molecular weight excluding hydrogens is 204 g/mol. The van der Waals surface area contributed by atoms with Crippen LogP contribution in [0.2, 0.25) is 0 Å². The van der Waals surface area contributed by atoms with Crippen LogP contribution in [0.25, 0.3) is 0 Å². The number of nitrogens with one attached hydrogen (secondary N) is 1. The summed E-state index contributed by atoms with van der Waals surface area (Å²) < 4.78 is 5.54. The number of hydrogen-bond donors (Lipinski definition) is 2. The Bertz CT molecular complexity index is 452. The van der Waals surface area contributed by atoms with Gasteiger partial charge in [0.15, 0.2) is 5.75 Å². The molecule has 3 N–H and O–H groups in total. The summed E-state index contributed by atoms with van der Waals surface area (Å²) in [5.74, 6) is 6.84. The SMILES string of the molecule is Cc1ccc(Oc2cnc(NN)nc2)cc1. The number of nitrogen functional groups attached to an aromatic ring is 1. The summed E-state index contributed by atoms with van der Waals surface area (Å²) in [4.78, 5) is 7.88. The fourth-order valence-electron chi connectivity index (χ4n) is 1.19. The van der Waals surface area contributed by atoms with Gasteiger partial charge >= 0.3 is 0 Å². The molecule has 1 aromatic carbocycles. The van der Waals surface area contributed by atoms with Gasteiger partial charge in [-0.1, -0.05) is 17.7 Å². The summed E-state index contributed by atoms with van der Waals surface area (Å²) in [6, 6.07) is 7.74. The van der Waals surface area contributed by atoms with E-state index >= 15 is 0 Å². The molecule has 2 aromatic rings. The zero-order valence-electron chi connectivity index (χ0n) is 8.84. The van der Waals surface area contributed by atoms with Crippen molar-refractivity contribution in [3.63, 3.8) is 0 Å². The fraction of sp³-hybridized carbons (Fsp3) is 0.0909. The van der Waals surface area contributed by atoms with Gasteiger partial charge in [0.1, 0.15) is 5.75 Å². The van der Waals surface area contributed by atoms with Gasteiger partial charge in [-0.25, -0.2) is 15.8 Å². The van der Waals surface area contributed by atoms with Gasteiger partial charge < -0.3 is 4.74 Å². The number of hydrazine groups is 1. The minimum absolute atomic E-state index is 0.358. The number of nitrogens with two attached hydrogens (primary N) is 1. The second kappa shape index (κ2) is 4.59. The monoisotopic (exact) mass is 216 g/mol. The van der Waals surface area contributed by atoms with E-state index in [9.17, 15) is 0 Å². The number of ether oxygens (including phenoxy) is 1. The average molecular weight is 216 g/mol. The highest BCUT2D eigenvalue weighted by atomic mass is 16.5. The van der Waals surface area contributed by atoms with Crippen LogP contribution >= 0.6 is 0 Å². The minimum atomic E-state index is 0.358. The van der Waals surface area contributed by atoms with E-state index in [4.69, 9.17) is 10.6 Å². The highest BCUT2D eigenvalue weighted by Gasteiger charge is 1.98. The largest absolute Gasteiger partial charge is 0.454 e. The molecule has 1 aromatic heterocycles. The molecule has 0 saturated heterocycles. The molecular formula is C11H12N4O. The summed E-state index contributed by atoms with van der Waals surface area (Å²) >= 11 is 0. The van der Waals surface area contributed by atoms with E-state index < -0.39 is 0 Å². The first-order valence-corrected chi connectivity index (χ1v) is 4.81. The number of nitrogens with zero attached hydrogens (tertiary/aromatic N) is 2. The van der Waals surface area contributed by atoms with E-state index in [0.29, 0.717) is 11.7 Å². The Kier molecular flexibility index (Phi) is 2.98. The molecule has 1 heterocycles. The zero-order valence-corrected chi connectivity index (χ0v) is 8.84. The molecule has 5 heteroatoms. The van der Waals surface area contributed by atoms with Crippen LogP contribution in [0.15, 0.2) is 36.7 Å². The standard InChI is InChI=1S/C11H12N4O/c1-8-2-4-9(5-3-8)16-10-6-13-11(15-12)14-7-10/h2-7H,12H2,1H3,(H,13,14,15). The predicted molar refractivity (Wildman–Crippen MR) is 61.1 cm³/mol. The van der Waals surface area contributed by atoms with Crippen molar-refractivity contribution < 1.29 is 4.74 Å². The first-order valence-electron chi connectivity index (χ1n) is 4.81. The Morgan fingerprint density at radius 2 is 1.69 bits per heavy atom. The Hall–Kier alpha value is -2.14. The summed E-state index contributed by atoms with van der Waals surface area (Å²) in [5.41, 5.74) is 3.53. The van der Waals surface area contributed by atoms with Crippen LogP contribution in [0.3, 0.4) is 0 Å². The predicted octanol–water partition coefficient (Wildman–Crippen LogP) is 1.86. The zero-order chi connectivity index (χ0) is 11.4. The number of anilines is 1. The molecule has 0 aliphatic carbocycles. The Morgan fingerprint density at radius 3 is 2.25 bits per heavy atom. The van der Waals surface area contributed by atoms with Gasteiger partial charge in [0.05, 0.1) is 12.4 Å². The summed E-state index contributed by atoms with van der Waals surface area (Å²) in [7, 11) is 0. The third kappa shape index (κ3) is 2.46. The van der Waals surface area contributed by atoms with E-state index in [0.717, 1.165) is 5.75 Å². The maximum Gasteiger partial charge on any atom is 0.237 e. The van der Waals surface area contributed by atoms with E-state index in [-0.39, 0.29) is 0 Å². The molecule has 0 radical (unpaired) electrons. The van der Waals surface area contributed by atoms with Gasteiger partial charge in [0, 0.05) is 0 Å². The third-order valence-corrected chi connectivity index (χ3v) is 2.01. The second-order valence-electron chi connectivity index (χ2n) is 3.30. The first-order chi connectivity index (χ1) is 7.78. The van der Waals surface area contributed by atoms with Gasteiger partial charge in [0.2, 0.25) is 5.95 Å². The molecule has 0 spiro atoms. The topological polar surface area (TPSA) is 73.1 Å². The van der Waals surface area contributed by atoms with E-state index in [1.54, 1.807) is 12.4 Å². The molecule has 0 aliphatic heterocycles. The molecule has 0 amide bonds. The van der Waals surface area contributed by atoms with Crippen LogP contribution in [0, 0.1) is 6.92 Å². The van der Waals surface area contributed by atoms with Crippen molar-refractivity contribution in [2.24, 2.45) is 5.84 Å². The third-order valence-electron chi connectivity index (χ3n) is 2.01. The molecule has 0 aliphatic rings. The highest BCUT2D eigenvalue weighted by molar-refractivity contribution is 5.32. The maximum atomic E-state index is 5.54. The van der Waals surface area contributed by atoms with E-state index in [1.165, 1.54) is 5.56 Å². The van der Waals surface area contributed by atoms with Crippen LogP contribution < -0.4 is 16.0 Å². The number of hydrogen-bond acceptors (Lipinski definition) is 5. The normalized spacial score (nSPS) is 9.88. The average Bonchev–Trinajstić information content (AvgIpc) is 2.33. The van der Waals surface area contributed by atoms with Gasteiger partial charge in [-0.05, 0) is 19.1 Å². The molecule has 5 nitrogen and oxygen atoms in total. The quantitative estimate of drug-likeness (QED) is 0.605. The number of aryl methyl sites for hydroxylation is 1. The minimum Gasteiger partial charge on any atom is -0.454 e. The molecule has 2 rings (SSSR count). The molecule has 0 saturated carbocycles. The Labute approximate surface area is 93.3 Å². The van der Waals surface area contributed by atoms with Crippen LogP contribution in [-0.4, -0.2) is 9.97 Å². The lowest BCUT2D eigenvalue weighted by Crippen LogP contribution is -2.09. The lowest BCUT2D eigenvalue weighted by molar-refractivity contribution is 0.477. The fourth-order valence-corrected chi connectivity index (χ4v) is 1.19. The molecule has 0 fully saturated rings. The molecule has 16 heavy (non-hydrogen) atoms. The molecule has 82 valence electrons. The van der Waals surface area contributed by atoms with Crippen LogP contribution in [0.5, 0.6) is 11.5 Å². The van der Waals surface area contributed by atoms with Crippen molar-refractivity contribution in [2.45, 2.75) is 6.92 Å². The highest BCUT2D eigenvalue weighted by Crippen LogP contribution is 2.20. The van der Waals surface area contributed by atoms with Crippen molar-refractivity contribution in [2.75, 3.05) is 5.43 Å². The van der Waals surface area contributed by atoms with Crippen molar-refractivity contribution in [3.05, 3.63) is 42.2 Å². The Morgan fingerprint density at radius 1 is 1.06 bits per heavy atom. The van der Waals surface area contributed by atoms with E-state index in [1.807, 2.05) is 31.2 Å². The summed E-state index contributed by atoms with van der Waals surface area (Å²) in [5, 5.41) is 0. The second-order valence-corrected chi connectivity index (χ2v) is 3.30. The van der Waals surface area contributed by atoms with Gasteiger partial charge in [-0.15, -0.1) is 0 Å². The number of rotatable bonds is 3. The number of aromatic nitrogens is 2. The lowest BCUT2D eigenvalue weighted by Gasteiger charge is -2.05. The van der Waals surface area contributed by atoms with Crippen LogP contribution in [-0.2, 0) is 0 Å². The maximum absolute atomic E-state index is 5.54. The lowest BCUT2D eigenvalue weighted by atomic mass is 10.2. The molecule has 0 bridgehead atoms. The van der Waals surface area contributed by atoms with Crippen molar-refractivity contribution in [1.29, 1.82) is 0 Å². The molecule has 0 atom stereocenters. The van der Waals surface area contributed by atoms with Gasteiger partial charge in [-0.2, -0.15) is 0 Å².